The van der Waals surface area contributed by atoms with E-state index in [4.69, 9.17) is 0 Å². The highest BCUT2D eigenvalue weighted by Crippen LogP contribution is 2.16. The summed E-state index contributed by atoms with van der Waals surface area (Å²) >= 11 is 1.66. The van der Waals surface area contributed by atoms with Crippen molar-refractivity contribution in [2.45, 2.75) is 6.42 Å². The van der Waals surface area contributed by atoms with Crippen molar-refractivity contribution >= 4 is 17.0 Å². The Hall–Kier alpha value is -1.42. The van der Waals surface area contributed by atoms with Gasteiger partial charge in [-0.05, 0) is 36.1 Å². The maximum atomic E-state index is 13.2. The van der Waals surface area contributed by atoms with Crippen molar-refractivity contribution in [2.75, 3.05) is 11.9 Å². The molecule has 1 aromatic heterocycles. The molecule has 2 aromatic rings. The molecule has 0 aliphatic carbocycles. The summed E-state index contributed by atoms with van der Waals surface area (Å²) in [7, 11) is 0. The molecule has 1 N–H and O–H groups in total. The predicted molar refractivity (Wildman–Crippen MR) is 62.9 cm³/mol. The van der Waals surface area contributed by atoms with Crippen LogP contribution in [0.5, 0.6) is 0 Å². The fourth-order valence-electron chi connectivity index (χ4n) is 1.41. The second kappa shape index (κ2) is 5.07. The molecule has 0 saturated carbocycles. The highest BCUT2D eigenvalue weighted by molar-refractivity contribution is 7.09. The first-order chi connectivity index (χ1) is 7.75. The maximum absolute atomic E-state index is 13.2. The monoisotopic (exact) mass is 239 g/mol. The van der Waals surface area contributed by atoms with E-state index in [1.54, 1.807) is 11.3 Å². The van der Waals surface area contributed by atoms with Gasteiger partial charge in [-0.3, -0.25) is 0 Å². The Morgan fingerprint density at radius 1 is 1.19 bits per heavy atom. The number of hydrogen-bond acceptors (Lipinski definition) is 2. The topological polar surface area (TPSA) is 12.0 Å². The van der Waals surface area contributed by atoms with E-state index in [9.17, 15) is 8.78 Å². The molecule has 0 aliphatic heterocycles. The van der Waals surface area contributed by atoms with Crippen LogP contribution in [-0.2, 0) is 6.42 Å². The van der Waals surface area contributed by atoms with Crippen LogP contribution in [0.3, 0.4) is 0 Å². The summed E-state index contributed by atoms with van der Waals surface area (Å²) < 4.78 is 26.1. The van der Waals surface area contributed by atoms with E-state index in [1.807, 2.05) is 17.5 Å². The van der Waals surface area contributed by atoms with Crippen molar-refractivity contribution in [2.24, 2.45) is 0 Å². The third-order valence-electron chi connectivity index (χ3n) is 2.20. The number of benzene rings is 1. The van der Waals surface area contributed by atoms with Crippen LogP contribution in [0.1, 0.15) is 4.88 Å². The summed E-state index contributed by atoms with van der Waals surface area (Å²) in [5, 5.41) is 4.88. The normalized spacial score (nSPS) is 10.4. The first kappa shape index (κ1) is 11.1. The third-order valence-corrected chi connectivity index (χ3v) is 3.13. The standard InChI is InChI=1S/C12H11F2NS/c13-9-3-4-11(14)12(8-9)15-6-5-10-2-1-7-16-10/h1-4,7-8,15H,5-6H2. The van der Waals surface area contributed by atoms with Gasteiger partial charge in [-0.25, -0.2) is 8.78 Å². The number of thiophene rings is 1. The van der Waals surface area contributed by atoms with Crippen LogP contribution in [-0.4, -0.2) is 6.54 Å². The van der Waals surface area contributed by atoms with Gasteiger partial charge in [-0.1, -0.05) is 6.07 Å². The molecule has 1 aromatic carbocycles. The maximum Gasteiger partial charge on any atom is 0.146 e. The summed E-state index contributed by atoms with van der Waals surface area (Å²) in [5.41, 5.74) is 0.219. The molecule has 16 heavy (non-hydrogen) atoms. The van der Waals surface area contributed by atoms with Gasteiger partial charge in [-0.15, -0.1) is 11.3 Å². The van der Waals surface area contributed by atoms with Crippen LogP contribution in [0.2, 0.25) is 0 Å². The molecule has 0 unspecified atom stereocenters. The Kier molecular flexibility index (Phi) is 3.51. The number of halogens is 2. The van der Waals surface area contributed by atoms with Gasteiger partial charge in [0.2, 0.25) is 0 Å². The highest BCUT2D eigenvalue weighted by atomic mass is 32.1. The van der Waals surface area contributed by atoms with Gasteiger partial charge in [0.05, 0.1) is 5.69 Å². The third kappa shape index (κ3) is 2.79. The zero-order chi connectivity index (χ0) is 11.4. The van der Waals surface area contributed by atoms with Crippen molar-refractivity contribution in [1.29, 1.82) is 0 Å². The summed E-state index contributed by atoms with van der Waals surface area (Å²) in [6.45, 7) is 0.598. The SMILES string of the molecule is Fc1ccc(F)c(NCCc2cccs2)c1. The average molecular weight is 239 g/mol. The molecule has 0 saturated heterocycles. The van der Waals surface area contributed by atoms with Gasteiger partial charge in [0.1, 0.15) is 11.6 Å². The average Bonchev–Trinajstić information content (AvgIpc) is 2.76. The van der Waals surface area contributed by atoms with Crippen molar-refractivity contribution in [1.82, 2.24) is 0 Å². The highest BCUT2D eigenvalue weighted by Gasteiger charge is 2.02. The fraction of sp³-hybridized carbons (Fsp3) is 0.167. The minimum Gasteiger partial charge on any atom is -0.382 e. The minimum absolute atomic E-state index is 0.219. The van der Waals surface area contributed by atoms with E-state index in [0.29, 0.717) is 6.54 Å². The number of nitrogens with one attached hydrogen (secondary N) is 1. The van der Waals surface area contributed by atoms with E-state index >= 15 is 0 Å². The van der Waals surface area contributed by atoms with E-state index in [2.05, 4.69) is 5.32 Å². The molecule has 0 bridgehead atoms. The molecule has 2 rings (SSSR count). The van der Waals surface area contributed by atoms with Crippen molar-refractivity contribution in [3.8, 4) is 0 Å². The van der Waals surface area contributed by atoms with Crippen LogP contribution in [0.4, 0.5) is 14.5 Å². The largest absolute Gasteiger partial charge is 0.382 e. The predicted octanol–water partition coefficient (Wildman–Crippen LogP) is 3.68. The number of rotatable bonds is 4. The summed E-state index contributed by atoms with van der Waals surface area (Å²) in [6, 6.07) is 7.41. The Labute approximate surface area is 96.7 Å². The molecular weight excluding hydrogens is 228 g/mol. The lowest BCUT2D eigenvalue weighted by molar-refractivity contribution is 0.602. The number of anilines is 1. The first-order valence-electron chi connectivity index (χ1n) is 4.97. The van der Waals surface area contributed by atoms with Gasteiger partial charge >= 0.3 is 0 Å². The second-order valence-electron chi connectivity index (χ2n) is 3.38. The molecule has 0 radical (unpaired) electrons. The van der Waals surface area contributed by atoms with Gasteiger partial charge in [0, 0.05) is 11.4 Å². The Bertz CT molecular complexity index is 454. The quantitative estimate of drug-likeness (QED) is 0.858. The Morgan fingerprint density at radius 2 is 2.06 bits per heavy atom. The van der Waals surface area contributed by atoms with Gasteiger partial charge in [0.15, 0.2) is 0 Å². The van der Waals surface area contributed by atoms with Crippen molar-refractivity contribution < 1.29 is 8.78 Å². The summed E-state index contributed by atoms with van der Waals surface area (Å²) in [6.07, 6.45) is 0.813. The van der Waals surface area contributed by atoms with Gasteiger partial charge in [0.25, 0.3) is 0 Å². The summed E-state index contributed by atoms with van der Waals surface area (Å²) in [5.74, 6) is -0.854. The molecule has 0 spiro atoms. The molecule has 1 heterocycles. The lowest BCUT2D eigenvalue weighted by Gasteiger charge is -2.06. The van der Waals surface area contributed by atoms with Crippen LogP contribution in [0.25, 0.3) is 0 Å². The Balaban J connectivity index is 1.92. The Morgan fingerprint density at radius 3 is 2.81 bits per heavy atom. The van der Waals surface area contributed by atoms with Gasteiger partial charge < -0.3 is 5.32 Å². The zero-order valence-corrected chi connectivity index (χ0v) is 9.36. The van der Waals surface area contributed by atoms with Gasteiger partial charge in [-0.2, -0.15) is 0 Å². The van der Waals surface area contributed by atoms with E-state index < -0.39 is 11.6 Å². The van der Waals surface area contributed by atoms with Crippen molar-refractivity contribution in [3.05, 3.63) is 52.2 Å². The summed E-state index contributed by atoms with van der Waals surface area (Å²) in [4.78, 5) is 1.23. The first-order valence-corrected chi connectivity index (χ1v) is 5.85. The molecule has 84 valence electrons. The molecule has 0 fully saturated rings. The van der Waals surface area contributed by atoms with Crippen LogP contribution >= 0.6 is 11.3 Å². The fourth-order valence-corrected chi connectivity index (χ4v) is 2.12. The molecule has 4 heteroatoms. The van der Waals surface area contributed by atoms with Crippen LogP contribution < -0.4 is 5.32 Å². The van der Waals surface area contributed by atoms with E-state index in [1.165, 1.54) is 10.9 Å². The smallest absolute Gasteiger partial charge is 0.146 e. The molecule has 0 aliphatic rings. The van der Waals surface area contributed by atoms with Crippen LogP contribution in [0, 0.1) is 11.6 Å². The van der Waals surface area contributed by atoms with Crippen molar-refractivity contribution in [3.63, 3.8) is 0 Å². The van der Waals surface area contributed by atoms with E-state index in [0.717, 1.165) is 18.6 Å². The zero-order valence-electron chi connectivity index (χ0n) is 8.54. The number of hydrogen-bond donors (Lipinski definition) is 1. The molecular formula is C12H11F2NS. The molecule has 1 nitrogen and oxygen atoms in total. The van der Waals surface area contributed by atoms with E-state index in [-0.39, 0.29) is 5.69 Å². The minimum atomic E-state index is -0.431. The lowest BCUT2D eigenvalue weighted by atomic mass is 10.2. The van der Waals surface area contributed by atoms with Crippen LogP contribution in [0.15, 0.2) is 35.7 Å². The molecule has 0 amide bonds. The lowest BCUT2D eigenvalue weighted by Crippen LogP contribution is -2.05. The molecule has 0 atom stereocenters. The second-order valence-corrected chi connectivity index (χ2v) is 4.41.